The Morgan fingerprint density at radius 2 is 2.24 bits per heavy atom. The van der Waals surface area contributed by atoms with Gasteiger partial charge >= 0.3 is 0 Å². The zero-order valence-electron chi connectivity index (χ0n) is 13.5. The quantitative estimate of drug-likeness (QED) is 0.674. The van der Waals surface area contributed by atoms with Crippen molar-refractivity contribution in [2.75, 3.05) is 29.9 Å². The number of aromatic nitrogens is 2. The summed E-state index contributed by atoms with van der Waals surface area (Å²) in [5.41, 5.74) is 2.01. The fourth-order valence-electron chi connectivity index (χ4n) is 2.64. The number of rotatable bonds is 5. The Balaban J connectivity index is 1.59. The number of hydrogen-bond donors (Lipinski definition) is 1. The van der Waals surface area contributed by atoms with Gasteiger partial charge in [-0.3, -0.25) is 4.98 Å². The molecule has 2 aromatic heterocycles. The van der Waals surface area contributed by atoms with Gasteiger partial charge < -0.3 is 19.1 Å². The van der Waals surface area contributed by atoms with Crippen LogP contribution in [-0.2, 0) is 0 Å². The standard InChI is InChI=1S/C17H16N4O2S2/c1-22-16-11-18-5-4-14(16)21-7-8-23-15-10-12(2-3-13(15)21)25-20-17-19-6-9-24-17/h2-6,9-11H,7-8H2,1H3,(H,19,20). The van der Waals surface area contributed by atoms with E-state index in [4.69, 9.17) is 9.47 Å². The third kappa shape index (κ3) is 3.35. The molecule has 0 radical (unpaired) electrons. The number of methoxy groups -OCH3 is 1. The Bertz CT molecular complexity index is 858. The SMILES string of the molecule is COc1cnccc1N1CCOc2cc(SNc3nccs3)ccc21. The van der Waals surface area contributed by atoms with Crippen molar-refractivity contribution in [2.24, 2.45) is 0 Å². The Morgan fingerprint density at radius 3 is 3.08 bits per heavy atom. The van der Waals surface area contributed by atoms with Gasteiger partial charge in [0.15, 0.2) is 10.9 Å². The Labute approximate surface area is 154 Å². The largest absolute Gasteiger partial charge is 0.493 e. The summed E-state index contributed by atoms with van der Waals surface area (Å²) in [6.07, 6.45) is 5.28. The Morgan fingerprint density at radius 1 is 1.28 bits per heavy atom. The highest BCUT2D eigenvalue weighted by Gasteiger charge is 2.22. The van der Waals surface area contributed by atoms with Crippen LogP contribution in [0, 0.1) is 0 Å². The Hall–Kier alpha value is -2.45. The number of nitrogens with zero attached hydrogens (tertiary/aromatic N) is 3. The molecule has 0 saturated carbocycles. The fraction of sp³-hybridized carbons (Fsp3) is 0.176. The summed E-state index contributed by atoms with van der Waals surface area (Å²) in [5.74, 6) is 1.61. The van der Waals surface area contributed by atoms with Crippen LogP contribution in [0.25, 0.3) is 0 Å². The lowest BCUT2D eigenvalue weighted by Crippen LogP contribution is -2.28. The number of pyridine rings is 1. The highest BCUT2D eigenvalue weighted by atomic mass is 32.2. The number of anilines is 3. The van der Waals surface area contributed by atoms with E-state index >= 15 is 0 Å². The van der Waals surface area contributed by atoms with Crippen LogP contribution in [0.4, 0.5) is 16.5 Å². The smallest absolute Gasteiger partial charge is 0.192 e. The van der Waals surface area contributed by atoms with E-state index in [0.717, 1.165) is 39.4 Å². The van der Waals surface area contributed by atoms with E-state index in [-0.39, 0.29) is 0 Å². The molecule has 0 unspecified atom stereocenters. The third-order valence-electron chi connectivity index (χ3n) is 3.76. The van der Waals surface area contributed by atoms with E-state index in [0.29, 0.717) is 6.61 Å². The minimum atomic E-state index is 0.618. The van der Waals surface area contributed by atoms with Crippen molar-refractivity contribution >= 4 is 39.8 Å². The molecular formula is C17H16N4O2S2. The summed E-state index contributed by atoms with van der Waals surface area (Å²) >= 11 is 3.09. The van der Waals surface area contributed by atoms with E-state index in [1.54, 1.807) is 37.0 Å². The molecule has 1 aliphatic rings. The van der Waals surface area contributed by atoms with Crippen LogP contribution in [0.5, 0.6) is 11.5 Å². The molecule has 0 bridgehead atoms. The topological polar surface area (TPSA) is 59.5 Å². The second kappa shape index (κ2) is 7.20. The summed E-state index contributed by atoms with van der Waals surface area (Å²) in [5, 5.41) is 2.82. The van der Waals surface area contributed by atoms with Crippen LogP contribution in [0.1, 0.15) is 0 Å². The van der Waals surface area contributed by atoms with Crippen LogP contribution in [0.2, 0.25) is 0 Å². The molecule has 0 aliphatic carbocycles. The number of ether oxygens (including phenoxy) is 2. The molecular weight excluding hydrogens is 356 g/mol. The van der Waals surface area contributed by atoms with Gasteiger partial charge in [0.25, 0.3) is 0 Å². The first-order chi connectivity index (χ1) is 12.3. The molecule has 1 N–H and O–H groups in total. The summed E-state index contributed by atoms with van der Waals surface area (Å²) in [7, 11) is 1.66. The number of benzene rings is 1. The second-order valence-electron chi connectivity index (χ2n) is 5.22. The van der Waals surface area contributed by atoms with E-state index in [2.05, 4.69) is 31.7 Å². The lowest BCUT2D eigenvalue weighted by molar-refractivity contribution is 0.312. The van der Waals surface area contributed by atoms with Gasteiger partial charge in [-0.25, -0.2) is 4.98 Å². The summed E-state index contributed by atoms with van der Waals surface area (Å²) in [6.45, 7) is 1.38. The number of thiazole rings is 1. The molecule has 0 spiro atoms. The average Bonchev–Trinajstić information content (AvgIpc) is 3.19. The summed E-state index contributed by atoms with van der Waals surface area (Å²) < 4.78 is 14.6. The molecule has 1 aliphatic heterocycles. The zero-order valence-corrected chi connectivity index (χ0v) is 15.1. The first-order valence-corrected chi connectivity index (χ1v) is 9.39. The molecule has 128 valence electrons. The minimum absolute atomic E-state index is 0.618. The van der Waals surface area contributed by atoms with Crippen molar-refractivity contribution < 1.29 is 9.47 Å². The molecule has 6 nitrogen and oxygen atoms in total. The lowest BCUT2D eigenvalue weighted by Gasteiger charge is -2.32. The van der Waals surface area contributed by atoms with Gasteiger partial charge in [-0.15, -0.1) is 11.3 Å². The highest BCUT2D eigenvalue weighted by Crippen LogP contribution is 2.41. The minimum Gasteiger partial charge on any atom is -0.493 e. The maximum absolute atomic E-state index is 5.87. The molecule has 3 aromatic rings. The first-order valence-electron chi connectivity index (χ1n) is 7.70. The number of nitrogens with one attached hydrogen (secondary N) is 1. The Kier molecular flexibility index (Phi) is 4.62. The van der Waals surface area contributed by atoms with Crippen molar-refractivity contribution in [1.82, 2.24) is 9.97 Å². The van der Waals surface area contributed by atoms with Gasteiger partial charge in [0.05, 0.1) is 31.2 Å². The average molecular weight is 372 g/mol. The van der Waals surface area contributed by atoms with Crippen molar-refractivity contribution in [2.45, 2.75) is 4.90 Å². The normalized spacial score (nSPS) is 13.1. The van der Waals surface area contributed by atoms with Gasteiger partial charge in [0.1, 0.15) is 12.4 Å². The molecule has 3 heterocycles. The maximum Gasteiger partial charge on any atom is 0.192 e. The number of hydrogen-bond acceptors (Lipinski definition) is 8. The summed E-state index contributed by atoms with van der Waals surface area (Å²) in [6, 6.07) is 8.14. The first kappa shape index (κ1) is 16.0. The summed E-state index contributed by atoms with van der Waals surface area (Å²) in [4.78, 5) is 11.6. The van der Waals surface area contributed by atoms with Crippen molar-refractivity contribution in [1.29, 1.82) is 0 Å². The predicted octanol–water partition coefficient (Wildman–Crippen LogP) is 4.20. The van der Waals surface area contributed by atoms with Gasteiger partial charge in [0.2, 0.25) is 0 Å². The lowest BCUT2D eigenvalue weighted by atomic mass is 10.2. The monoisotopic (exact) mass is 372 g/mol. The van der Waals surface area contributed by atoms with Crippen LogP contribution in [0.3, 0.4) is 0 Å². The molecule has 0 amide bonds. The van der Waals surface area contributed by atoms with E-state index < -0.39 is 0 Å². The van der Waals surface area contributed by atoms with Crippen LogP contribution in [-0.4, -0.2) is 30.2 Å². The molecule has 0 saturated heterocycles. The van der Waals surface area contributed by atoms with Gasteiger partial charge in [-0.1, -0.05) is 0 Å². The molecule has 0 atom stereocenters. The molecule has 4 rings (SSSR count). The highest BCUT2D eigenvalue weighted by molar-refractivity contribution is 8.00. The predicted molar refractivity (Wildman–Crippen MR) is 101 cm³/mol. The van der Waals surface area contributed by atoms with Crippen LogP contribution >= 0.6 is 23.3 Å². The van der Waals surface area contributed by atoms with Crippen LogP contribution in [0.15, 0.2) is 53.1 Å². The van der Waals surface area contributed by atoms with Gasteiger partial charge in [-0.2, -0.15) is 0 Å². The van der Waals surface area contributed by atoms with Gasteiger partial charge in [0, 0.05) is 22.7 Å². The fourth-order valence-corrected chi connectivity index (χ4v) is 3.89. The van der Waals surface area contributed by atoms with E-state index in [9.17, 15) is 0 Å². The number of fused-ring (bicyclic) bond motifs is 1. The van der Waals surface area contributed by atoms with E-state index in [1.165, 1.54) is 11.9 Å². The molecule has 1 aromatic carbocycles. The second-order valence-corrected chi connectivity index (χ2v) is 6.99. The van der Waals surface area contributed by atoms with E-state index in [1.807, 2.05) is 17.5 Å². The molecule has 8 heteroatoms. The molecule has 0 fully saturated rings. The molecule has 25 heavy (non-hydrogen) atoms. The maximum atomic E-state index is 5.87. The van der Waals surface area contributed by atoms with Crippen molar-refractivity contribution in [3.63, 3.8) is 0 Å². The van der Waals surface area contributed by atoms with Crippen molar-refractivity contribution in [3.05, 3.63) is 48.2 Å². The third-order valence-corrected chi connectivity index (χ3v) is 5.36. The van der Waals surface area contributed by atoms with Gasteiger partial charge in [-0.05, 0) is 36.2 Å². The van der Waals surface area contributed by atoms with Crippen LogP contribution < -0.4 is 19.1 Å². The zero-order chi connectivity index (χ0) is 17.1. The van der Waals surface area contributed by atoms with Crippen molar-refractivity contribution in [3.8, 4) is 11.5 Å².